The Morgan fingerprint density at radius 1 is 0.271 bits per heavy atom. The highest BCUT2D eigenvalue weighted by atomic mass is 15.0. The predicted molar refractivity (Wildman–Crippen MR) is 361 cm³/mol. The van der Waals surface area contributed by atoms with Gasteiger partial charge in [-0.05, 0) is 192 Å². The molecule has 1 aliphatic rings. The van der Waals surface area contributed by atoms with Gasteiger partial charge in [-0.2, -0.15) is 0 Å². The summed E-state index contributed by atoms with van der Waals surface area (Å²) >= 11 is 0. The predicted octanol–water partition coefficient (Wildman–Crippen LogP) is 21.9. The minimum atomic E-state index is 0.184. The fourth-order valence-corrected chi connectivity index (χ4v) is 13.7. The normalized spacial score (nSPS) is 13.6. The summed E-state index contributed by atoms with van der Waals surface area (Å²) < 4.78 is 7.20. The van der Waals surface area contributed by atoms with Gasteiger partial charge in [0.15, 0.2) is 0 Å². The lowest BCUT2D eigenvalue weighted by atomic mass is 9.81. The van der Waals surface area contributed by atoms with Crippen molar-refractivity contribution in [1.29, 1.82) is 0 Å². The molecule has 0 N–H and O–H groups in total. The maximum atomic E-state index is 2.49. The van der Waals surface area contributed by atoms with Crippen molar-refractivity contribution in [1.82, 2.24) is 13.7 Å². The van der Waals surface area contributed by atoms with Gasteiger partial charge in [0.05, 0.1) is 33.1 Å². The molecule has 15 aromatic rings. The summed E-state index contributed by atoms with van der Waals surface area (Å²) in [5.41, 5.74) is 29.5. The van der Waals surface area contributed by atoms with Gasteiger partial charge >= 0.3 is 0 Å². The van der Waals surface area contributed by atoms with Crippen LogP contribution in [0.1, 0.15) is 51.3 Å². The molecule has 1 aliphatic carbocycles. The van der Waals surface area contributed by atoms with Gasteiger partial charge in [0.1, 0.15) is 0 Å². The molecule has 16 rings (SSSR count). The molecule has 0 aliphatic heterocycles. The van der Waals surface area contributed by atoms with Crippen LogP contribution in [0.25, 0.3) is 127 Å². The lowest BCUT2D eigenvalue weighted by Gasteiger charge is -2.24. The number of hydrogen-bond acceptors (Lipinski definition) is 0. The summed E-state index contributed by atoms with van der Waals surface area (Å²) in [6.07, 6.45) is 5.82. The van der Waals surface area contributed by atoms with Crippen LogP contribution in [0.4, 0.5) is 0 Å². The molecule has 1 unspecified atom stereocenters. The van der Waals surface area contributed by atoms with Gasteiger partial charge in [-0.3, -0.25) is 0 Å². The third-order valence-electron chi connectivity index (χ3n) is 18.1. The average Bonchev–Trinajstić information content (AvgIpc) is 2.65. The SMILES string of the molecule is Cc1ccc2c(c1)c1cc(C)ccc1n2-c1ccc(-c2ccc(C3=CC(c4ccc(-c5ccc(-n6c7ccccc7c7ccccc76)cc5)cc4)CC(c4ccc(-c5ccc(-n6c7ccc(C)cc7c7cc(C)ccc76)cc5)cc4)=C3)cc2)cc1. The number of hydrogen-bond donors (Lipinski definition) is 0. The summed E-state index contributed by atoms with van der Waals surface area (Å²) in [5, 5.41) is 7.73. The molecule has 0 fully saturated rings. The van der Waals surface area contributed by atoms with Crippen molar-refractivity contribution in [2.75, 3.05) is 0 Å². The Morgan fingerprint density at radius 2 is 0.565 bits per heavy atom. The summed E-state index contributed by atoms with van der Waals surface area (Å²) in [6, 6.07) is 99.7. The molecule has 0 spiro atoms. The minimum absolute atomic E-state index is 0.184. The van der Waals surface area contributed by atoms with Crippen LogP contribution in [0.2, 0.25) is 0 Å². The van der Waals surface area contributed by atoms with Crippen molar-refractivity contribution in [2.45, 2.75) is 40.0 Å². The Labute approximate surface area is 495 Å². The first kappa shape index (κ1) is 50.3. The van der Waals surface area contributed by atoms with Gasteiger partial charge in [-0.1, -0.05) is 204 Å². The van der Waals surface area contributed by atoms with Gasteiger partial charge < -0.3 is 13.7 Å². The number of fused-ring (bicyclic) bond motifs is 9. The molecular weight excluding hydrogens is 1030 g/mol. The fraction of sp³-hybridized carbons (Fsp3) is 0.0732. The quantitative estimate of drug-likeness (QED) is 0.137. The molecule has 404 valence electrons. The van der Waals surface area contributed by atoms with Gasteiger partial charge in [-0.25, -0.2) is 0 Å². The average molecular weight is 1090 g/mol. The van der Waals surface area contributed by atoms with Crippen molar-refractivity contribution < 1.29 is 0 Å². The number of aromatic nitrogens is 3. The summed E-state index contributed by atoms with van der Waals surface area (Å²) in [7, 11) is 0. The van der Waals surface area contributed by atoms with Crippen LogP contribution in [0.3, 0.4) is 0 Å². The second-order valence-electron chi connectivity index (χ2n) is 23.6. The van der Waals surface area contributed by atoms with E-state index in [1.54, 1.807) is 0 Å². The number of aryl methyl sites for hydroxylation is 4. The van der Waals surface area contributed by atoms with Crippen molar-refractivity contribution >= 4 is 76.6 Å². The Hall–Kier alpha value is -10.5. The number of rotatable bonds is 9. The monoisotopic (exact) mass is 1090 g/mol. The van der Waals surface area contributed by atoms with E-state index in [0.29, 0.717) is 0 Å². The molecule has 0 amide bonds. The van der Waals surface area contributed by atoms with Gasteiger partial charge in [0.2, 0.25) is 0 Å². The topological polar surface area (TPSA) is 14.8 Å². The second-order valence-corrected chi connectivity index (χ2v) is 23.6. The van der Waals surface area contributed by atoms with Gasteiger partial charge in [0, 0.05) is 55.3 Å². The first-order valence-corrected chi connectivity index (χ1v) is 29.8. The van der Waals surface area contributed by atoms with E-state index in [2.05, 4.69) is 320 Å². The molecule has 12 aromatic carbocycles. The Balaban J connectivity index is 0.706. The highest BCUT2D eigenvalue weighted by Crippen LogP contribution is 2.42. The molecule has 0 bridgehead atoms. The molecule has 3 heteroatoms. The first-order chi connectivity index (χ1) is 41.7. The molecular formula is C82H61N3. The van der Waals surface area contributed by atoms with Crippen LogP contribution >= 0.6 is 0 Å². The smallest absolute Gasteiger partial charge is 0.0541 e. The zero-order valence-electron chi connectivity index (χ0n) is 48.2. The molecule has 3 heterocycles. The van der Waals surface area contributed by atoms with Crippen LogP contribution in [-0.2, 0) is 0 Å². The second kappa shape index (κ2) is 20.2. The highest BCUT2D eigenvalue weighted by Gasteiger charge is 2.22. The fourth-order valence-electron chi connectivity index (χ4n) is 13.7. The van der Waals surface area contributed by atoms with E-state index >= 15 is 0 Å². The first-order valence-electron chi connectivity index (χ1n) is 29.8. The van der Waals surface area contributed by atoms with E-state index in [9.17, 15) is 0 Å². The Kier molecular flexibility index (Phi) is 11.9. The number of para-hydroxylation sites is 2. The molecule has 0 radical (unpaired) electrons. The van der Waals surface area contributed by atoms with E-state index < -0.39 is 0 Å². The maximum Gasteiger partial charge on any atom is 0.0541 e. The van der Waals surface area contributed by atoms with Crippen LogP contribution in [0.5, 0.6) is 0 Å². The van der Waals surface area contributed by atoms with E-state index in [1.165, 1.54) is 155 Å². The van der Waals surface area contributed by atoms with E-state index in [4.69, 9.17) is 0 Å². The zero-order valence-corrected chi connectivity index (χ0v) is 48.2. The van der Waals surface area contributed by atoms with E-state index in [-0.39, 0.29) is 5.92 Å². The molecule has 0 saturated heterocycles. The zero-order chi connectivity index (χ0) is 56.9. The third-order valence-corrected chi connectivity index (χ3v) is 18.1. The van der Waals surface area contributed by atoms with E-state index in [0.717, 1.165) is 17.8 Å². The van der Waals surface area contributed by atoms with Gasteiger partial charge in [-0.15, -0.1) is 0 Å². The summed E-state index contributed by atoms with van der Waals surface area (Å²) in [4.78, 5) is 0. The van der Waals surface area contributed by atoms with Gasteiger partial charge in [0.25, 0.3) is 0 Å². The Bertz CT molecular complexity index is 5000. The molecule has 3 aromatic heterocycles. The summed E-state index contributed by atoms with van der Waals surface area (Å²) in [6.45, 7) is 8.71. The standard InChI is InChI=1S/C82H61N3/c1-52-13-41-79-73(45-52)74-46-53(2)14-42-80(74)84(79)69-37-31-60(32-38-69)57-19-25-63(26-20-57)66-49-65(62-23-17-56(18-24-62)59-29-35-68(36-30-59)83-77-11-7-5-9-71(77)72-10-6-8-12-78(72)83)50-67(51-66)64-27-21-58(22-28-64)61-33-39-70(40-34-61)85-81-43-15-54(3)47-75(81)76-48-55(4)16-44-82(76)85/h5-49,51,65H,50H2,1-4H3. The molecule has 0 saturated carbocycles. The highest BCUT2D eigenvalue weighted by molar-refractivity contribution is 6.12. The molecule has 3 nitrogen and oxygen atoms in total. The van der Waals surface area contributed by atoms with Crippen LogP contribution < -0.4 is 0 Å². The van der Waals surface area contributed by atoms with Crippen molar-refractivity contribution in [2.24, 2.45) is 0 Å². The van der Waals surface area contributed by atoms with Crippen molar-refractivity contribution in [3.05, 3.63) is 318 Å². The largest absolute Gasteiger partial charge is 0.309 e. The van der Waals surface area contributed by atoms with Crippen LogP contribution in [0, 0.1) is 27.7 Å². The maximum absolute atomic E-state index is 2.49. The van der Waals surface area contributed by atoms with Crippen LogP contribution in [-0.4, -0.2) is 13.7 Å². The summed E-state index contributed by atoms with van der Waals surface area (Å²) in [5.74, 6) is 0.184. The number of allylic oxidation sites excluding steroid dienone is 4. The number of benzene rings is 12. The molecule has 1 atom stereocenters. The van der Waals surface area contributed by atoms with Crippen molar-refractivity contribution in [3.8, 4) is 50.4 Å². The lowest BCUT2D eigenvalue weighted by molar-refractivity contribution is 0.871. The Morgan fingerprint density at radius 3 is 0.929 bits per heavy atom. The van der Waals surface area contributed by atoms with E-state index in [1.807, 2.05) is 0 Å². The lowest BCUT2D eigenvalue weighted by Crippen LogP contribution is -2.04. The third kappa shape index (κ3) is 8.73. The van der Waals surface area contributed by atoms with Crippen molar-refractivity contribution in [3.63, 3.8) is 0 Å². The minimum Gasteiger partial charge on any atom is -0.309 e. The number of nitrogens with zero attached hydrogens (tertiary/aromatic N) is 3. The van der Waals surface area contributed by atoms with Crippen LogP contribution in [0.15, 0.2) is 279 Å². The molecule has 85 heavy (non-hydrogen) atoms.